The number of hydrogen-bond acceptors (Lipinski definition) is 6. The number of ether oxygens (including phenoxy) is 2. The number of benzene rings is 1. The summed E-state index contributed by atoms with van der Waals surface area (Å²) in [5.74, 6) is 0.670. The standard InChI is InChI=1S/C31H57NO5Si3/c1-11-38(12-2,13-3)35-28-25(10)33-31(34-27-22-20-26(24-32)21-23-27)30(37-40(17-7,18-8)19-9)29(28)36-39(14-4,15-5)16-6/h20-23,25,28-31H,11-19H2,1-10H3/t25-,28-,29+,30+,31-/m0/s1. The van der Waals surface area contributed by atoms with Crippen LogP contribution in [0.15, 0.2) is 24.3 Å². The van der Waals surface area contributed by atoms with Gasteiger partial charge in [-0.05, 0) is 85.6 Å². The largest absolute Gasteiger partial charge is 0.462 e. The first-order valence-corrected chi connectivity index (χ1v) is 23.6. The van der Waals surface area contributed by atoms with Gasteiger partial charge < -0.3 is 22.8 Å². The maximum absolute atomic E-state index is 9.28. The average Bonchev–Trinajstić information content (AvgIpc) is 3.00. The second kappa shape index (κ2) is 16.0. The molecule has 0 bridgehead atoms. The summed E-state index contributed by atoms with van der Waals surface area (Å²) in [6.07, 6.45) is -1.68. The first-order chi connectivity index (χ1) is 19.1. The van der Waals surface area contributed by atoms with Gasteiger partial charge in [0.1, 0.15) is 18.0 Å². The van der Waals surface area contributed by atoms with Crippen molar-refractivity contribution in [2.75, 3.05) is 0 Å². The van der Waals surface area contributed by atoms with Gasteiger partial charge in [-0.2, -0.15) is 5.26 Å². The van der Waals surface area contributed by atoms with Crippen LogP contribution in [0.25, 0.3) is 0 Å². The minimum Gasteiger partial charge on any atom is -0.462 e. The normalized spacial score (nSPS) is 24.1. The molecular weight excluding hydrogens is 551 g/mol. The van der Waals surface area contributed by atoms with Crippen LogP contribution < -0.4 is 4.74 Å². The van der Waals surface area contributed by atoms with E-state index in [1.807, 2.05) is 12.1 Å². The fourth-order valence-corrected chi connectivity index (χ4v) is 14.7. The summed E-state index contributed by atoms with van der Waals surface area (Å²) >= 11 is 0. The van der Waals surface area contributed by atoms with Crippen molar-refractivity contribution in [1.82, 2.24) is 0 Å². The van der Waals surface area contributed by atoms with E-state index in [4.69, 9.17) is 22.8 Å². The lowest BCUT2D eigenvalue weighted by atomic mass is 10.00. The lowest BCUT2D eigenvalue weighted by Crippen LogP contribution is -2.67. The van der Waals surface area contributed by atoms with Crippen molar-refractivity contribution in [3.63, 3.8) is 0 Å². The third kappa shape index (κ3) is 8.09. The van der Waals surface area contributed by atoms with Crippen LogP contribution in [-0.2, 0) is 18.0 Å². The lowest BCUT2D eigenvalue weighted by Gasteiger charge is -2.52. The van der Waals surface area contributed by atoms with Gasteiger partial charge in [0, 0.05) is 0 Å². The Balaban J connectivity index is 2.67. The van der Waals surface area contributed by atoms with Crippen LogP contribution in [0.1, 0.15) is 74.8 Å². The summed E-state index contributed by atoms with van der Waals surface area (Å²) < 4.78 is 35.3. The molecule has 0 radical (unpaired) electrons. The van der Waals surface area contributed by atoms with Gasteiger partial charge in [0.2, 0.25) is 6.29 Å². The molecule has 0 saturated carbocycles. The van der Waals surface area contributed by atoms with Crippen molar-refractivity contribution in [1.29, 1.82) is 5.26 Å². The Morgan fingerprint density at radius 1 is 0.625 bits per heavy atom. The van der Waals surface area contributed by atoms with Crippen LogP contribution in [0.2, 0.25) is 54.4 Å². The third-order valence-corrected chi connectivity index (χ3v) is 23.8. The summed E-state index contributed by atoms with van der Waals surface area (Å²) in [5.41, 5.74) is 0.603. The zero-order valence-electron chi connectivity index (χ0n) is 27.0. The number of rotatable bonds is 17. The lowest BCUT2D eigenvalue weighted by molar-refractivity contribution is -0.257. The highest BCUT2D eigenvalue weighted by molar-refractivity contribution is 6.74. The van der Waals surface area contributed by atoms with Crippen molar-refractivity contribution in [3.8, 4) is 11.8 Å². The predicted molar refractivity (Wildman–Crippen MR) is 172 cm³/mol. The molecular formula is C31H57NO5Si3. The fourth-order valence-electron chi connectivity index (χ4n) is 6.10. The maximum Gasteiger partial charge on any atom is 0.228 e. The molecule has 0 spiro atoms. The van der Waals surface area contributed by atoms with Gasteiger partial charge in [0.15, 0.2) is 25.0 Å². The van der Waals surface area contributed by atoms with Crippen LogP contribution in [0, 0.1) is 11.3 Å². The molecule has 2 rings (SSSR count). The van der Waals surface area contributed by atoms with Gasteiger partial charge in [-0.25, -0.2) is 0 Å². The molecule has 1 aliphatic rings. The summed E-state index contributed by atoms with van der Waals surface area (Å²) in [4.78, 5) is 0. The minimum absolute atomic E-state index is 0.203. The van der Waals surface area contributed by atoms with Gasteiger partial charge in [-0.3, -0.25) is 0 Å². The van der Waals surface area contributed by atoms with Gasteiger partial charge in [-0.15, -0.1) is 0 Å². The van der Waals surface area contributed by atoms with E-state index in [0.29, 0.717) is 11.3 Å². The molecule has 228 valence electrons. The zero-order valence-corrected chi connectivity index (χ0v) is 30.0. The highest BCUT2D eigenvalue weighted by Gasteiger charge is 2.54. The Morgan fingerprint density at radius 2 is 1.00 bits per heavy atom. The summed E-state index contributed by atoms with van der Waals surface area (Å²) in [7, 11) is -6.09. The molecule has 1 saturated heterocycles. The maximum atomic E-state index is 9.28. The molecule has 0 amide bonds. The van der Waals surface area contributed by atoms with Crippen LogP contribution >= 0.6 is 0 Å². The van der Waals surface area contributed by atoms with E-state index >= 15 is 0 Å². The second-order valence-electron chi connectivity index (χ2n) is 11.4. The molecule has 0 N–H and O–H groups in total. The zero-order chi connectivity index (χ0) is 30.0. The van der Waals surface area contributed by atoms with E-state index in [-0.39, 0.29) is 18.3 Å². The van der Waals surface area contributed by atoms with E-state index in [2.05, 4.69) is 75.3 Å². The molecule has 1 heterocycles. The van der Waals surface area contributed by atoms with Crippen LogP contribution in [-0.4, -0.2) is 55.7 Å². The molecule has 0 aliphatic carbocycles. The molecule has 40 heavy (non-hydrogen) atoms. The average molecular weight is 608 g/mol. The minimum atomic E-state index is -2.07. The van der Waals surface area contributed by atoms with Crippen molar-refractivity contribution in [2.24, 2.45) is 0 Å². The van der Waals surface area contributed by atoms with E-state index in [9.17, 15) is 5.26 Å². The number of nitriles is 1. The van der Waals surface area contributed by atoms with E-state index < -0.39 is 37.3 Å². The molecule has 1 fully saturated rings. The van der Waals surface area contributed by atoms with Crippen molar-refractivity contribution in [3.05, 3.63) is 29.8 Å². The van der Waals surface area contributed by atoms with Crippen LogP contribution in [0.4, 0.5) is 0 Å². The van der Waals surface area contributed by atoms with Gasteiger partial charge in [0.25, 0.3) is 0 Å². The van der Waals surface area contributed by atoms with Gasteiger partial charge >= 0.3 is 0 Å². The fraction of sp³-hybridized carbons (Fsp3) is 0.774. The molecule has 0 aromatic heterocycles. The Kier molecular flexibility index (Phi) is 14.1. The third-order valence-electron chi connectivity index (χ3n) is 9.92. The summed E-state index contributed by atoms with van der Waals surface area (Å²) in [5, 5.41) is 9.28. The highest BCUT2D eigenvalue weighted by Crippen LogP contribution is 2.39. The van der Waals surface area contributed by atoms with E-state index in [0.717, 1.165) is 54.4 Å². The topological polar surface area (TPSA) is 69.9 Å². The number of nitrogens with zero attached hydrogens (tertiary/aromatic N) is 1. The second-order valence-corrected chi connectivity index (χ2v) is 25.6. The van der Waals surface area contributed by atoms with Crippen molar-refractivity contribution in [2.45, 2.75) is 154 Å². The SMILES string of the molecule is CC[Si](CC)(CC)O[C@@H]1[C@@H](O[Si](CC)(CC)CC)[C@H](C)O[C@@H](Oc2ccc(C#N)cc2)[C@@H]1O[Si](CC)(CC)CC. The Morgan fingerprint density at radius 3 is 1.38 bits per heavy atom. The quantitative estimate of drug-likeness (QED) is 0.165. The smallest absolute Gasteiger partial charge is 0.228 e. The summed E-state index contributed by atoms with van der Waals surface area (Å²) in [6.45, 7) is 22.6. The molecule has 9 heteroatoms. The van der Waals surface area contributed by atoms with Gasteiger partial charge in [-0.1, -0.05) is 62.3 Å². The monoisotopic (exact) mass is 607 g/mol. The van der Waals surface area contributed by atoms with Crippen molar-refractivity contribution >= 4 is 25.0 Å². The Labute approximate surface area is 248 Å². The Hall–Kier alpha value is -0.999. The number of hydrogen-bond donors (Lipinski definition) is 0. The van der Waals surface area contributed by atoms with Crippen LogP contribution in [0.5, 0.6) is 5.75 Å². The van der Waals surface area contributed by atoms with E-state index in [1.165, 1.54) is 0 Å². The first kappa shape index (κ1) is 35.2. The molecule has 1 aromatic rings. The van der Waals surface area contributed by atoms with E-state index in [1.54, 1.807) is 12.1 Å². The highest BCUT2D eigenvalue weighted by atomic mass is 28.4. The predicted octanol–water partition coefficient (Wildman–Crippen LogP) is 8.85. The van der Waals surface area contributed by atoms with Crippen LogP contribution in [0.3, 0.4) is 0 Å². The molecule has 1 aliphatic heterocycles. The molecule has 5 atom stereocenters. The Bertz CT molecular complexity index is 888. The molecule has 0 unspecified atom stereocenters. The van der Waals surface area contributed by atoms with Gasteiger partial charge in [0.05, 0.1) is 23.8 Å². The molecule has 1 aromatic carbocycles. The summed E-state index contributed by atoms with van der Waals surface area (Å²) in [6, 6.07) is 18.9. The first-order valence-electron chi connectivity index (χ1n) is 16.0. The molecule has 6 nitrogen and oxygen atoms in total. The van der Waals surface area contributed by atoms with Crippen molar-refractivity contribution < 1.29 is 22.8 Å².